The number of rotatable bonds is 6. The van der Waals surface area contributed by atoms with Crippen LogP contribution in [0.5, 0.6) is 0 Å². The predicted octanol–water partition coefficient (Wildman–Crippen LogP) is 1.55. The van der Waals surface area contributed by atoms with Gasteiger partial charge in [-0.3, -0.25) is 0 Å². The van der Waals surface area contributed by atoms with E-state index in [9.17, 15) is 0 Å². The van der Waals surface area contributed by atoms with Crippen molar-refractivity contribution in [3.05, 3.63) is 0 Å². The molecular formula is C14H31N3. The monoisotopic (exact) mass is 241 g/mol. The average Bonchev–Trinajstić information content (AvgIpc) is 2.15. The molecule has 0 amide bonds. The summed E-state index contributed by atoms with van der Waals surface area (Å²) in [6, 6.07) is 0.614. The topological polar surface area (TPSA) is 27.3 Å². The van der Waals surface area contributed by atoms with E-state index in [1.165, 1.54) is 13.0 Å². The molecule has 1 unspecified atom stereocenters. The summed E-state index contributed by atoms with van der Waals surface area (Å²) in [7, 11) is 2.20. The van der Waals surface area contributed by atoms with E-state index in [1.54, 1.807) is 0 Å². The third-order valence-electron chi connectivity index (χ3n) is 3.41. The van der Waals surface area contributed by atoms with E-state index in [0.717, 1.165) is 32.1 Å². The predicted molar refractivity (Wildman–Crippen MR) is 75.4 cm³/mol. The van der Waals surface area contributed by atoms with Gasteiger partial charge in [0.25, 0.3) is 0 Å². The lowest BCUT2D eigenvalue weighted by molar-refractivity contribution is 0.222. The van der Waals surface area contributed by atoms with Gasteiger partial charge in [-0.05, 0) is 24.8 Å². The fourth-order valence-electron chi connectivity index (χ4n) is 2.89. The number of piperazine rings is 1. The van der Waals surface area contributed by atoms with Gasteiger partial charge in [-0.15, -0.1) is 0 Å². The van der Waals surface area contributed by atoms with Crippen LogP contribution in [0.1, 0.15) is 34.1 Å². The van der Waals surface area contributed by atoms with Crippen LogP contribution >= 0.6 is 0 Å². The van der Waals surface area contributed by atoms with E-state index in [-0.39, 0.29) is 0 Å². The van der Waals surface area contributed by atoms with Crippen molar-refractivity contribution >= 4 is 0 Å². The molecule has 3 heteroatoms. The van der Waals surface area contributed by atoms with Crippen molar-refractivity contribution < 1.29 is 0 Å². The zero-order valence-electron chi connectivity index (χ0n) is 12.3. The smallest absolute Gasteiger partial charge is 0.0320 e. The molecule has 1 rings (SSSR count). The Bertz CT molecular complexity index is 214. The van der Waals surface area contributed by atoms with E-state index in [2.05, 4.69) is 50.3 Å². The van der Waals surface area contributed by atoms with Crippen LogP contribution in [-0.4, -0.2) is 50.7 Å². The summed E-state index contributed by atoms with van der Waals surface area (Å²) in [5.74, 6) is 0.783. The molecule has 0 aromatic heterocycles. The molecule has 1 aliphatic heterocycles. The van der Waals surface area contributed by atoms with Gasteiger partial charge < -0.3 is 15.5 Å². The Balaban J connectivity index is 2.18. The number of nitrogens with one attached hydrogen (secondary N) is 2. The zero-order chi connectivity index (χ0) is 12.9. The second-order valence-corrected chi connectivity index (χ2v) is 6.81. The minimum Gasteiger partial charge on any atom is -0.315 e. The van der Waals surface area contributed by atoms with Gasteiger partial charge >= 0.3 is 0 Å². The molecule has 0 saturated carbocycles. The molecule has 0 aliphatic carbocycles. The van der Waals surface area contributed by atoms with Gasteiger partial charge in [0, 0.05) is 38.8 Å². The van der Waals surface area contributed by atoms with Gasteiger partial charge in [-0.1, -0.05) is 27.7 Å². The number of hydrogen-bond acceptors (Lipinski definition) is 3. The maximum Gasteiger partial charge on any atom is 0.0320 e. The minimum absolute atomic E-state index is 0.411. The third-order valence-corrected chi connectivity index (χ3v) is 3.41. The van der Waals surface area contributed by atoms with E-state index >= 15 is 0 Å². The van der Waals surface area contributed by atoms with Crippen LogP contribution < -0.4 is 10.6 Å². The second kappa shape index (κ2) is 6.72. The molecule has 0 spiro atoms. The molecule has 0 radical (unpaired) electrons. The summed E-state index contributed by atoms with van der Waals surface area (Å²) in [5.41, 5.74) is 0.411. The number of likely N-dealkylation sites (N-methyl/N-ethyl adjacent to an activating group) is 1. The highest BCUT2D eigenvalue weighted by Crippen LogP contribution is 2.23. The van der Waals surface area contributed by atoms with Crippen LogP contribution in [0.4, 0.5) is 0 Å². The Morgan fingerprint density at radius 2 is 2.12 bits per heavy atom. The highest BCUT2D eigenvalue weighted by atomic mass is 15.2. The van der Waals surface area contributed by atoms with Crippen LogP contribution in [0.2, 0.25) is 0 Å². The summed E-state index contributed by atoms with van der Waals surface area (Å²) in [5, 5.41) is 7.20. The van der Waals surface area contributed by atoms with Crippen molar-refractivity contribution in [1.82, 2.24) is 15.5 Å². The van der Waals surface area contributed by atoms with Gasteiger partial charge in [0.1, 0.15) is 0 Å². The fraction of sp³-hybridized carbons (Fsp3) is 1.00. The second-order valence-electron chi connectivity index (χ2n) is 6.81. The first-order valence-electron chi connectivity index (χ1n) is 7.02. The molecule has 1 fully saturated rings. The first kappa shape index (κ1) is 14.9. The van der Waals surface area contributed by atoms with Crippen LogP contribution in [0.25, 0.3) is 0 Å². The van der Waals surface area contributed by atoms with Gasteiger partial charge in [-0.25, -0.2) is 0 Å². The van der Waals surface area contributed by atoms with Gasteiger partial charge in [-0.2, -0.15) is 0 Å². The highest BCUT2D eigenvalue weighted by molar-refractivity contribution is 4.80. The molecule has 1 atom stereocenters. The lowest BCUT2D eigenvalue weighted by atomic mass is 9.84. The van der Waals surface area contributed by atoms with E-state index in [4.69, 9.17) is 0 Å². The molecule has 3 nitrogen and oxygen atoms in total. The van der Waals surface area contributed by atoms with E-state index in [0.29, 0.717) is 11.5 Å². The molecule has 0 bridgehead atoms. The van der Waals surface area contributed by atoms with Crippen LogP contribution in [0.3, 0.4) is 0 Å². The Morgan fingerprint density at radius 1 is 1.41 bits per heavy atom. The maximum absolute atomic E-state index is 3.63. The number of nitrogens with zero attached hydrogens (tertiary/aromatic N) is 1. The SMILES string of the molecule is CC(C)CC(C)(C)CNCC1CN(C)CCN1. The largest absolute Gasteiger partial charge is 0.315 e. The van der Waals surface area contributed by atoms with Crippen LogP contribution in [0, 0.1) is 11.3 Å². The molecule has 1 aliphatic rings. The summed E-state index contributed by atoms with van der Waals surface area (Å²) in [4.78, 5) is 2.40. The lowest BCUT2D eigenvalue weighted by Crippen LogP contribution is -2.53. The summed E-state index contributed by atoms with van der Waals surface area (Å²) in [6.07, 6.45) is 1.29. The first-order valence-corrected chi connectivity index (χ1v) is 7.02. The van der Waals surface area contributed by atoms with Gasteiger partial charge in [0.05, 0.1) is 0 Å². The van der Waals surface area contributed by atoms with Gasteiger partial charge in [0.15, 0.2) is 0 Å². The van der Waals surface area contributed by atoms with Crippen molar-refractivity contribution in [3.63, 3.8) is 0 Å². The Labute approximate surface area is 107 Å². The molecule has 1 saturated heterocycles. The van der Waals surface area contributed by atoms with E-state index in [1.807, 2.05) is 0 Å². The van der Waals surface area contributed by atoms with Crippen LogP contribution in [-0.2, 0) is 0 Å². The maximum atomic E-state index is 3.63. The molecular weight excluding hydrogens is 210 g/mol. The molecule has 17 heavy (non-hydrogen) atoms. The minimum atomic E-state index is 0.411. The Morgan fingerprint density at radius 3 is 2.71 bits per heavy atom. The average molecular weight is 241 g/mol. The molecule has 0 aromatic carbocycles. The normalized spacial score (nSPS) is 23.3. The number of hydrogen-bond donors (Lipinski definition) is 2. The van der Waals surface area contributed by atoms with Crippen molar-refractivity contribution in [2.75, 3.05) is 39.8 Å². The third kappa shape index (κ3) is 6.39. The zero-order valence-corrected chi connectivity index (χ0v) is 12.3. The molecule has 0 aromatic rings. The van der Waals surface area contributed by atoms with E-state index < -0.39 is 0 Å². The molecule has 2 N–H and O–H groups in total. The standard InChI is InChI=1S/C14H31N3/c1-12(2)8-14(3,4)11-15-9-13-10-17(5)7-6-16-13/h12-13,15-16H,6-11H2,1-5H3. The lowest BCUT2D eigenvalue weighted by Gasteiger charge is -2.33. The van der Waals surface area contributed by atoms with Crippen molar-refractivity contribution in [3.8, 4) is 0 Å². The highest BCUT2D eigenvalue weighted by Gasteiger charge is 2.20. The molecule has 1 heterocycles. The Kier molecular flexibility index (Phi) is 5.90. The quantitative estimate of drug-likeness (QED) is 0.739. The van der Waals surface area contributed by atoms with Crippen molar-refractivity contribution in [1.29, 1.82) is 0 Å². The summed E-state index contributed by atoms with van der Waals surface area (Å²) < 4.78 is 0. The van der Waals surface area contributed by atoms with Crippen molar-refractivity contribution in [2.24, 2.45) is 11.3 Å². The summed E-state index contributed by atoms with van der Waals surface area (Å²) >= 11 is 0. The fourth-order valence-corrected chi connectivity index (χ4v) is 2.89. The first-order chi connectivity index (χ1) is 7.89. The molecule has 102 valence electrons. The Hall–Kier alpha value is -0.120. The van der Waals surface area contributed by atoms with Crippen molar-refractivity contribution in [2.45, 2.75) is 40.2 Å². The summed E-state index contributed by atoms with van der Waals surface area (Å²) in [6.45, 7) is 15.0. The van der Waals surface area contributed by atoms with Crippen LogP contribution in [0.15, 0.2) is 0 Å². The van der Waals surface area contributed by atoms with Gasteiger partial charge in [0.2, 0.25) is 0 Å².